The third kappa shape index (κ3) is 6.29. The van der Waals surface area contributed by atoms with Crippen LogP contribution in [0.15, 0.2) is 70.2 Å². The molecule has 0 aliphatic heterocycles. The smallest absolute Gasteiger partial charge is 0.271 e. The van der Waals surface area contributed by atoms with Crippen LogP contribution in [0.4, 0.5) is 4.39 Å². The fourth-order valence-electron chi connectivity index (χ4n) is 2.62. The van der Waals surface area contributed by atoms with E-state index in [4.69, 9.17) is 14.2 Å². The van der Waals surface area contributed by atoms with Gasteiger partial charge >= 0.3 is 0 Å². The summed E-state index contributed by atoms with van der Waals surface area (Å²) in [6, 6.07) is 16.4. The van der Waals surface area contributed by atoms with E-state index in [2.05, 4.69) is 26.5 Å². The molecule has 3 aromatic rings. The predicted octanol–water partition coefficient (Wildman–Crippen LogP) is 4.95. The summed E-state index contributed by atoms with van der Waals surface area (Å²) in [5.41, 5.74) is 4.45. The molecule has 0 unspecified atom stereocenters. The largest absolute Gasteiger partial charge is 0.497 e. The minimum absolute atomic E-state index is 0.286. The van der Waals surface area contributed by atoms with E-state index in [1.54, 1.807) is 42.5 Å². The molecule has 0 bridgehead atoms. The molecule has 0 saturated heterocycles. The highest BCUT2D eigenvalue weighted by Gasteiger charge is 2.09. The van der Waals surface area contributed by atoms with Gasteiger partial charge in [0.05, 0.1) is 24.9 Å². The highest BCUT2D eigenvalue weighted by atomic mass is 79.9. The van der Waals surface area contributed by atoms with E-state index in [0.29, 0.717) is 29.4 Å². The Morgan fingerprint density at radius 1 is 1.03 bits per heavy atom. The summed E-state index contributed by atoms with van der Waals surface area (Å²) in [5, 5.41) is 4.00. The Balaban J connectivity index is 1.60. The zero-order valence-electron chi connectivity index (χ0n) is 16.9. The molecule has 0 aliphatic rings. The van der Waals surface area contributed by atoms with Crippen LogP contribution in [0.5, 0.6) is 17.2 Å². The molecule has 1 amide bonds. The molecule has 0 saturated carbocycles. The maximum atomic E-state index is 13.0. The van der Waals surface area contributed by atoms with Crippen LogP contribution >= 0.6 is 15.9 Å². The Hall–Kier alpha value is -3.39. The molecule has 6 nitrogen and oxygen atoms in total. The van der Waals surface area contributed by atoms with Crippen molar-refractivity contribution in [2.45, 2.75) is 6.61 Å². The average molecular weight is 487 g/mol. The lowest BCUT2D eigenvalue weighted by molar-refractivity contribution is 0.0954. The van der Waals surface area contributed by atoms with Gasteiger partial charge in [0.25, 0.3) is 5.91 Å². The monoisotopic (exact) mass is 486 g/mol. The minimum Gasteiger partial charge on any atom is -0.497 e. The Labute approximate surface area is 187 Å². The summed E-state index contributed by atoms with van der Waals surface area (Å²) < 4.78 is 29.8. The first kappa shape index (κ1) is 22.3. The number of rotatable bonds is 8. The molecule has 0 aromatic heterocycles. The number of nitrogens with one attached hydrogen (secondary N) is 1. The van der Waals surface area contributed by atoms with E-state index in [1.165, 1.54) is 32.6 Å². The summed E-state index contributed by atoms with van der Waals surface area (Å²) >= 11 is 3.46. The average Bonchev–Trinajstić information content (AvgIpc) is 2.79. The van der Waals surface area contributed by atoms with Gasteiger partial charge in [-0.2, -0.15) is 5.10 Å². The molecule has 1 N–H and O–H groups in total. The number of halogens is 2. The Bertz CT molecular complexity index is 1070. The number of benzene rings is 3. The number of ether oxygens (including phenoxy) is 3. The highest BCUT2D eigenvalue weighted by molar-refractivity contribution is 9.10. The molecule has 3 aromatic carbocycles. The van der Waals surface area contributed by atoms with Gasteiger partial charge in [-0.05, 0) is 69.5 Å². The second-order valence-electron chi connectivity index (χ2n) is 6.41. The van der Waals surface area contributed by atoms with E-state index < -0.39 is 5.91 Å². The lowest BCUT2D eigenvalue weighted by Crippen LogP contribution is -2.17. The van der Waals surface area contributed by atoms with Gasteiger partial charge in [-0.1, -0.05) is 12.1 Å². The van der Waals surface area contributed by atoms with Gasteiger partial charge in [-0.15, -0.1) is 0 Å². The van der Waals surface area contributed by atoms with Gasteiger partial charge in [-0.25, -0.2) is 9.82 Å². The van der Waals surface area contributed by atoms with Gasteiger partial charge in [-0.3, -0.25) is 4.79 Å². The molecule has 3 rings (SSSR count). The van der Waals surface area contributed by atoms with Crippen molar-refractivity contribution in [1.29, 1.82) is 0 Å². The number of amides is 1. The Morgan fingerprint density at radius 3 is 2.32 bits per heavy atom. The molecule has 0 fully saturated rings. The van der Waals surface area contributed by atoms with Crippen LogP contribution in [0.25, 0.3) is 0 Å². The van der Waals surface area contributed by atoms with Crippen molar-refractivity contribution in [3.05, 3.63) is 87.6 Å². The standard InChI is InChI=1S/C23H20BrFN2O4/c1-29-19-10-17(11-20(12-19)30-2)23(28)27-26-13-16-5-8-22(21(24)9-16)31-14-15-3-6-18(25)7-4-15/h3-13H,14H2,1-2H3,(H,27,28). The predicted molar refractivity (Wildman–Crippen MR) is 119 cm³/mol. The summed E-state index contributed by atoms with van der Waals surface area (Å²) in [5.74, 6) is 0.967. The first-order valence-corrected chi connectivity index (χ1v) is 10.0. The fourth-order valence-corrected chi connectivity index (χ4v) is 3.14. The molecule has 8 heteroatoms. The normalized spacial score (nSPS) is 10.7. The van der Waals surface area contributed by atoms with Gasteiger partial charge in [0, 0.05) is 11.6 Å². The minimum atomic E-state index is -0.397. The lowest BCUT2D eigenvalue weighted by atomic mass is 10.2. The number of hydrazone groups is 1. The molecule has 31 heavy (non-hydrogen) atoms. The van der Waals surface area contributed by atoms with E-state index >= 15 is 0 Å². The van der Waals surface area contributed by atoms with Crippen LogP contribution in [-0.4, -0.2) is 26.3 Å². The van der Waals surface area contributed by atoms with E-state index in [0.717, 1.165) is 15.6 Å². The van der Waals surface area contributed by atoms with E-state index in [9.17, 15) is 9.18 Å². The maximum Gasteiger partial charge on any atom is 0.271 e. The second kappa shape index (κ2) is 10.6. The van der Waals surface area contributed by atoms with Gasteiger partial charge in [0.1, 0.15) is 29.7 Å². The number of carbonyl (C=O) groups is 1. The van der Waals surface area contributed by atoms with Crippen molar-refractivity contribution >= 4 is 28.1 Å². The molecular formula is C23H20BrFN2O4. The van der Waals surface area contributed by atoms with Crippen LogP contribution in [0.2, 0.25) is 0 Å². The molecule has 0 heterocycles. The second-order valence-corrected chi connectivity index (χ2v) is 7.26. The molecule has 160 valence electrons. The van der Waals surface area contributed by atoms with E-state index in [1.807, 2.05) is 6.07 Å². The van der Waals surface area contributed by atoms with Gasteiger partial charge < -0.3 is 14.2 Å². The number of hydrogen-bond acceptors (Lipinski definition) is 5. The third-order valence-corrected chi connectivity index (χ3v) is 4.88. The topological polar surface area (TPSA) is 69.2 Å². The van der Waals surface area contributed by atoms with Crippen LogP contribution in [0.3, 0.4) is 0 Å². The Kier molecular flexibility index (Phi) is 7.61. The van der Waals surface area contributed by atoms with Crippen LogP contribution in [0, 0.1) is 5.82 Å². The first-order chi connectivity index (χ1) is 15.0. The number of nitrogens with zero attached hydrogens (tertiary/aromatic N) is 1. The zero-order valence-corrected chi connectivity index (χ0v) is 18.5. The lowest BCUT2D eigenvalue weighted by Gasteiger charge is -2.09. The molecule has 0 aliphatic carbocycles. The summed E-state index contributed by atoms with van der Waals surface area (Å²) in [6.07, 6.45) is 1.52. The highest BCUT2D eigenvalue weighted by Crippen LogP contribution is 2.26. The van der Waals surface area contributed by atoms with Crippen molar-refractivity contribution < 1.29 is 23.4 Å². The van der Waals surface area contributed by atoms with Crippen LogP contribution in [0.1, 0.15) is 21.5 Å². The van der Waals surface area contributed by atoms with Crippen LogP contribution < -0.4 is 19.6 Å². The fraction of sp³-hybridized carbons (Fsp3) is 0.130. The summed E-state index contributed by atoms with van der Waals surface area (Å²) in [4.78, 5) is 12.3. The maximum absolute atomic E-state index is 13.0. The molecule has 0 atom stereocenters. The number of methoxy groups -OCH3 is 2. The van der Waals surface area contributed by atoms with E-state index in [-0.39, 0.29) is 5.82 Å². The summed E-state index contributed by atoms with van der Waals surface area (Å²) in [6.45, 7) is 0.312. The van der Waals surface area contributed by atoms with Gasteiger partial charge in [0.2, 0.25) is 0 Å². The zero-order chi connectivity index (χ0) is 22.2. The van der Waals surface area contributed by atoms with Crippen molar-refractivity contribution in [1.82, 2.24) is 5.43 Å². The van der Waals surface area contributed by atoms with Crippen LogP contribution in [-0.2, 0) is 6.61 Å². The van der Waals surface area contributed by atoms with Crippen molar-refractivity contribution in [3.63, 3.8) is 0 Å². The van der Waals surface area contributed by atoms with Crippen molar-refractivity contribution in [2.75, 3.05) is 14.2 Å². The number of hydrogen-bond donors (Lipinski definition) is 1. The molecule has 0 spiro atoms. The Morgan fingerprint density at radius 2 is 1.71 bits per heavy atom. The van der Waals surface area contributed by atoms with Gasteiger partial charge in [0.15, 0.2) is 0 Å². The SMILES string of the molecule is COc1cc(OC)cc(C(=O)NN=Cc2ccc(OCc3ccc(F)cc3)c(Br)c2)c1. The summed E-state index contributed by atoms with van der Waals surface area (Å²) in [7, 11) is 3.03. The van der Waals surface area contributed by atoms with Crippen molar-refractivity contribution in [3.8, 4) is 17.2 Å². The number of carbonyl (C=O) groups excluding carboxylic acids is 1. The third-order valence-electron chi connectivity index (χ3n) is 4.26. The molecular weight excluding hydrogens is 467 g/mol. The quantitative estimate of drug-likeness (QED) is 0.361. The first-order valence-electron chi connectivity index (χ1n) is 9.22. The molecule has 0 radical (unpaired) electrons. The van der Waals surface area contributed by atoms with Crippen molar-refractivity contribution in [2.24, 2.45) is 5.10 Å².